The second-order valence-electron chi connectivity index (χ2n) is 4.92. The van der Waals surface area contributed by atoms with Gasteiger partial charge in [-0.05, 0) is 18.8 Å². The lowest BCUT2D eigenvalue weighted by atomic mass is 10.00. The first-order valence-electron chi connectivity index (χ1n) is 6.58. The Hall–Kier alpha value is -0.880. The Bertz CT molecular complexity index is 481. The van der Waals surface area contributed by atoms with Crippen molar-refractivity contribution in [3.8, 4) is 0 Å². The molecule has 0 radical (unpaired) electrons. The Morgan fingerprint density at radius 2 is 2.39 bits per heavy atom. The van der Waals surface area contributed by atoms with Crippen molar-refractivity contribution in [2.75, 3.05) is 12.3 Å². The summed E-state index contributed by atoms with van der Waals surface area (Å²) in [6.07, 6.45) is 7.35. The van der Waals surface area contributed by atoms with Gasteiger partial charge in [0.2, 0.25) is 10.0 Å². The lowest BCUT2D eigenvalue weighted by Gasteiger charge is -2.23. The van der Waals surface area contributed by atoms with Crippen LogP contribution in [0.3, 0.4) is 0 Å². The van der Waals surface area contributed by atoms with Crippen LogP contribution in [0.25, 0.3) is 0 Å². The SMILES string of the molecule is CCCCS(=O)(=O)NCC1CCc2nccn2C1. The summed E-state index contributed by atoms with van der Waals surface area (Å²) in [6.45, 7) is 3.41. The molecule has 2 heterocycles. The minimum atomic E-state index is -3.08. The molecule has 1 aliphatic rings. The molecule has 0 spiro atoms. The predicted molar refractivity (Wildman–Crippen MR) is 70.7 cm³/mol. The lowest BCUT2D eigenvalue weighted by molar-refractivity contribution is 0.363. The summed E-state index contributed by atoms with van der Waals surface area (Å²) >= 11 is 0. The van der Waals surface area contributed by atoms with Crippen molar-refractivity contribution in [1.29, 1.82) is 0 Å². The molecule has 5 nitrogen and oxygen atoms in total. The zero-order valence-corrected chi connectivity index (χ0v) is 11.6. The number of hydrogen-bond acceptors (Lipinski definition) is 3. The molecular formula is C12H21N3O2S. The maximum Gasteiger partial charge on any atom is 0.211 e. The second kappa shape index (κ2) is 5.84. The largest absolute Gasteiger partial charge is 0.335 e. The maximum atomic E-state index is 11.7. The average molecular weight is 271 g/mol. The van der Waals surface area contributed by atoms with Gasteiger partial charge in [0.15, 0.2) is 0 Å². The maximum absolute atomic E-state index is 11.7. The molecule has 1 N–H and O–H groups in total. The van der Waals surface area contributed by atoms with Crippen LogP contribution >= 0.6 is 0 Å². The fourth-order valence-corrected chi connectivity index (χ4v) is 3.56. The Kier molecular flexibility index (Phi) is 4.40. The highest BCUT2D eigenvalue weighted by Gasteiger charge is 2.20. The smallest absolute Gasteiger partial charge is 0.211 e. The molecule has 1 aliphatic heterocycles. The lowest BCUT2D eigenvalue weighted by Crippen LogP contribution is -2.34. The first-order chi connectivity index (χ1) is 8.61. The van der Waals surface area contributed by atoms with E-state index >= 15 is 0 Å². The van der Waals surface area contributed by atoms with Crippen LogP contribution in [0.15, 0.2) is 12.4 Å². The van der Waals surface area contributed by atoms with Gasteiger partial charge in [-0.3, -0.25) is 0 Å². The summed E-state index contributed by atoms with van der Waals surface area (Å²) in [4.78, 5) is 4.26. The van der Waals surface area contributed by atoms with Gasteiger partial charge in [0.05, 0.1) is 5.75 Å². The highest BCUT2D eigenvalue weighted by atomic mass is 32.2. The number of nitrogens with zero attached hydrogens (tertiary/aromatic N) is 2. The van der Waals surface area contributed by atoms with Gasteiger partial charge in [0.25, 0.3) is 0 Å². The molecule has 1 aromatic heterocycles. The van der Waals surface area contributed by atoms with E-state index in [0.29, 0.717) is 12.5 Å². The van der Waals surface area contributed by atoms with Crippen LogP contribution < -0.4 is 4.72 Å². The van der Waals surface area contributed by atoms with E-state index in [1.807, 2.05) is 19.3 Å². The van der Waals surface area contributed by atoms with Gasteiger partial charge < -0.3 is 4.57 Å². The number of rotatable bonds is 6. The fourth-order valence-electron chi connectivity index (χ4n) is 2.26. The van der Waals surface area contributed by atoms with Gasteiger partial charge >= 0.3 is 0 Å². The van der Waals surface area contributed by atoms with E-state index < -0.39 is 10.0 Å². The summed E-state index contributed by atoms with van der Waals surface area (Å²) in [5.74, 6) is 1.73. The van der Waals surface area contributed by atoms with Crippen LogP contribution in [0, 0.1) is 5.92 Å². The molecule has 0 amide bonds. The Labute approximate surface area is 109 Å². The van der Waals surface area contributed by atoms with Crippen LogP contribution in [0.2, 0.25) is 0 Å². The third-order valence-corrected chi connectivity index (χ3v) is 4.82. The highest BCUT2D eigenvalue weighted by molar-refractivity contribution is 7.89. The number of unbranched alkanes of at least 4 members (excludes halogenated alkanes) is 1. The first kappa shape index (κ1) is 13.5. The van der Waals surface area contributed by atoms with E-state index in [-0.39, 0.29) is 5.75 Å². The van der Waals surface area contributed by atoms with Crippen molar-refractivity contribution in [2.45, 2.75) is 39.2 Å². The van der Waals surface area contributed by atoms with Crippen LogP contribution in [0.5, 0.6) is 0 Å². The topological polar surface area (TPSA) is 64.0 Å². The summed E-state index contributed by atoms with van der Waals surface area (Å²) in [6, 6.07) is 0. The number of hydrogen-bond donors (Lipinski definition) is 1. The normalized spacial score (nSPS) is 19.7. The molecule has 2 rings (SSSR count). The van der Waals surface area contributed by atoms with Crippen molar-refractivity contribution in [3.05, 3.63) is 18.2 Å². The van der Waals surface area contributed by atoms with Crippen LogP contribution in [0.1, 0.15) is 32.0 Å². The molecule has 1 aromatic rings. The number of aryl methyl sites for hydroxylation is 1. The summed E-state index contributed by atoms with van der Waals surface area (Å²) < 4.78 is 28.2. The van der Waals surface area contributed by atoms with Gasteiger partial charge in [0.1, 0.15) is 5.82 Å². The minimum Gasteiger partial charge on any atom is -0.335 e. The van der Waals surface area contributed by atoms with E-state index in [1.165, 1.54) is 0 Å². The van der Waals surface area contributed by atoms with Crippen LogP contribution in [-0.4, -0.2) is 30.3 Å². The van der Waals surface area contributed by atoms with Crippen LogP contribution in [0.4, 0.5) is 0 Å². The summed E-state index contributed by atoms with van der Waals surface area (Å²) in [5.41, 5.74) is 0. The molecule has 0 aromatic carbocycles. The van der Waals surface area contributed by atoms with E-state index in [1.54, 1.807) is 0 Å². The van der Waals surface area contributed by atoms with Gasteiger partial charge in [-0.25, -0.2) is 18.1 Å². The molecule has 0 aliphatic carbocycles. The number of sulfonamides is 1. The van der Waals surface area contributed by atoms with Crippen LogP contribution in [-0.2, 0) is 23.0 Å². The van der Waals surface area contributed by atoms with Crippen molar-refractivity contribution < 1.29 is 8.42 Å². The molecule has 6 heteroatoms. The molecule has 102 valence electrons. The van der Waals surface area contributed by atoms with Gasteiger partial charge in [0, 0.05) is 31.9 Å². The Balaban J connectivity index is 1.82. The van der Waals surface area contributed by atoms with Gasteiger partial charge in [-0.2, -0.15) is 0 Å². The monoisotopic (exact) mass is 271 g/mol. The zero-order valence-electron chi connectivity index (χ0n) is 10.8. The predicted octanol–water partition coefficient (Wildman–Crippen LogP) is 1.16. The molecule has 1 unspecified atom stereocenters. The average Bonchev–Trinajstić information content (AvgIpc) is 2.81. The third kappa shape index (κ3) is 3.55. The molecule has 0 fully saturated rings. The van der Waals surface area contributed by atoms with Crippen molar-refractivity contribution in [1.82, 2.24) is 14.3 Å². The molecule has 0 bridgehead atoms. The van der Waals surface area contributed by atoms with E-state index in [2.05, 4.69) is 14.3 Å². The van der Waals surface area contributed by atoms with Gasteiger partial charge in [-0.15, -0.1) is 0 Å². The van der Waals surface area contributed by atoms with Crippen molar-refractivity contribution in [3.63, 3.8) is 0 Å². The number of nitrogens with one attached hydrogen (secondary N) is 1. The Morgan fingerprint density at radius 1 is 1.56 bits per heavy atom. The second-order valence-corrected chi connectivity index (χ2v) is 6.85. The minimum absolute atomic E-state index is 0.243. The molecule has 1 atom stereocenters. The highest BCUT2D eigenvalue weighted by Crippen LogP contribution is 2.18. The number of aromatic nitrogens is 2. The molecular weight excluding hydrogens is 250 g/mol. The number of fused-ring (bicyclic) bond motifs is 1. The standard InChI is InChI=1S/C12H21N3O2S/c1-2-3-8-18(16,17)14-9-11-4-5-12-13-6-7-15(12)10-11/h6-7,11,14H,2-5,8-10H2,1H3. The summed E-state index contributed by atoms with van der Waals surface area (Å²) in [5, 5.41) is 0. The Morgan fingerprint density at radius 3 is 3.17 bits per heavy atom. The van der Waals surface area contributed by atoms with Gasteiger partial charge in [-0.1, -0.05) is 13.3 Å². The first-order valence-corrected chi connectivity index (χ1v) is 8.23. The molecule has 0 saturated carbocycles. The van der Waals surface area contributed by atoms with Crippen molar-refractivity contribution >= 4 is 10.0 Å². The quantitative estimate of drug-likeness (QED) is 0.844. The van der Waals surface area contributed by atoms with E-state index in [9.17, 15) is 8.42 Å². The molecule has 0 saturated heterocycles. The third-order valence-electron chi connectivity index (χ3n) is 3.39. The zero-order chi connectivity index (χ0) is 13.0. The van der Waals surface area contributed by atoms with E-state index in [0.717, 1.165) is 38.1 Å². The van der Waals surface area contributed by atoms with Crippen molar-refractivity contribution in [2.24, 2.45) is 5.92 Å². The summed E-state index contributed by atoms with van der Waals surface area (Å²) in [7, 11) is -3.08. The fraction of sp³-hybridized carbons (Fsp3) is 0.750. The van der Waals surface area contributed by atoms with E-state index in [4.69, 9.17) is 0 Å². The number of imidazole rings is 1. The molecule has 18 heavy (non-hydrogen) atoms.